The number of nitrogens with zero attached hydrogens (tertiary/aromatic N) is 2. The zero-order valence-corrected chi connectivity index (χ0v) is 17.6. The second-order valence-electron chi connectivity index (χ2n) is 7.42. The van der Waals surface area contributed by atoms with Crippen LogP contribution in [0.5, 0.6) is 0 Å². The van der Waals surface area contributed by atoms with Crippen molar-refractivity contribution in [3.05, 3.63) is 40.3 Å². The first kappa shape index (κ1) is 20.4. The highest BCUT2D eigenvalue weighted by molar-refractivity contribution is 7.16. The van der Waals surface area contributed by atoms with E-state index in [-0.39, 0.29) is 18.7 Å². The van der Waals surface area contributed by atoms with Gasteiger partial charge in [0.25, 0.3) is 0 Å². The van der Waals surface area contributed by atoms with E-state index >= 15 is 0 Å². The summed E-state index contributed by atoms with van der Waals surface area (Å²) in [5.74, 6) is -0.267. The first-order valence-corrected chi connectivity index (χ1v) is 10.8. The second-order valence-corrected chi connectivity index (χ2v) is 8.68. The zero-order chi connectivity index (χ0) is 21.1. The molecule has 3 heterocycles. The third kappa shape index (κ3) is 4.63. The molecule has 2 aliphatic heterocycles. The summed E-state index contributed by atoms with van der Waals surface area (Å²) in [6.07, 6.45) is -0.188. The normalized spacial score (nSPS) is 15.4. The summed E-state index contributed by atoms with van der Waals surface area (Å²) in [4.78, 5) is 31.0. The SMILES string of the molecule is Cc1cc2c(s1)Nc1ccc(CNC(=O)CCC(=O)O)cc1N=C2N1CCNCC1. The van der Waals surface area contributed by atoms with Crippen LogP contribution in [0.1, 0.15) is 28.8 Å². The number of thiophene rings is 1. The van der Waals surface area contributed by atoms with Gasteiger partial charge in [-0.2, -0.15) is 0 Å². The van der Waals surface area contributed by atoms with Gasteiger partial charge < -0.3 is 26.0 Å². The van der Waals surface area contributed by atoms with Crippen molar-refractivity contribution in [2.24, 2.45) is 4.99 Å². The maximum atomic E-state index is 11.8. The lowest BCUT2D eigenvalue weighted by molar-refractivity contribution is -0.138. The maximum absolute atomic E-state index is 11.8. The van der Waals surface area contributed by atoms with Gasteiger partial charge in [-0.1, -0.05) is 6.07 Å². The quantitative estimate of drug-likeness (QED) is 0.585. The first-order chi connectivity index (χ1) is 14.5. The lowest BCUT2D eigenvalue weighted by Gasteiger charge is -2.30. The smallest absolute Gasteiger partial charge is 0.303 e. The molecule has 158 valence electrons. The van der Waals surface area contributed by atoms with Crippen LogP contribution >= 0.6 is 11.3 Å². The van der Waals surface area contributed by atoms with E-state index in [1.807, 2.05) is 18.2 Å². The van der Waals surface area contributed by atoms with Crippen molar-refractivity contribution >= 4 is 45.4 Å². The van der Waals surface area contributed by atoms with E-state index in [9.17, 15) is 9.59 Å². The molecule has 8 nitrogen and oxygen atoms in total. The summed E-state index contributed by atoms with van der Waals surface area (Å²) in [5.41, 5.74) is 3.81. The van der Waals surface area contributed by atoms with E-state index in [1.165, 1.54) is 4.88 Å². The summed E-state index contributed by atoms with van der Waals surface area (Å²) in [6.45, 7) is 6.11. The molecule has 1 saturated heterocycles. The van der Waals surface area contributed by atoms with Crippen LogP contribution in [-0.2, 0) is 16.1 Å². The van der Waals surface area contributed by atoms with Crippen LogP contribution < -0.4 is 16.0 Å². The Hall–Kier alpha value is -2.91. The molecule has 1 amide bonds. The Morgan fingerprint density at radius 3 is 2.80 bits per heavy atom. The lowest BCUT2D eigenvalue weighted by Crippen LogP contribution is -2.46. The minimum Gasteiger partial charge on any atom is -0.481 e. The highest BCUT2D eigenvalue weighted by atomic mass is 32.1. The van der Waals surface area contributed by atoms with Gasteiger partial charge >= 0.3 is 5.97 Å². The van der Waals surface area contributed by atoms with Crippen LogP contribution in [0.25, 0.3) is 0 Å². The minimum atomic E-state index is -0.973. The number of carboxylic acids is 1. The predicted octanol–water partition coefficient (Wildman–Crippen LogP) is 2.58. The number of rotatable bonds is 5. The number of fused-ring (bicyclic) bond motifs is 2. The number of aryl methyl sites for hydroxylation is 1. The molecule has 0 atom stereocenters. The first-order valence-electron chi connectivity index (χ1n) is 10.0. The molecule has 1 aromatic carbocycles. The number of nitrogens with one attached hydrogen (secondary N) is 3. The van der Waals surface area contributed by atoms with Crippen molar-refractivity contribution in [3.63, 3.8) is 0 Å². The van der Waals surface area contributed by atoms with Crippen LogP contribution in [0.4, 0.5) is 16.4 Å². The Morgan fingerprint density at radius 2 is 2.03 bits per heavy atom. The molecule has 0 unspecified atom stereocenters. The number of hydrogen-bond acceptors (Lipinski definition) is 7. The lowest BCUT2D eigenvalue weighted by atomic mass is 10.1. The van der Waals surface area contributed by atoms with Gasteiger partial charge in [-0.3, -0.25) is 9.59 Å². The van der Waals surface area contributed by atoms with E-state index in [1.54, 1.807) is 11.3 Å². The Bertz CT molecular complexity index is 995. The molecule has 4 N–H and O–H groups in total. The molecule has 0 saturated carbocycles. The predicted molar refractivity (Wildman–Crippen MR) is 118 cm³/mol. The number of aliphatic carboxylic acids is 1. The second kappa shape index (κ2) is 8.85. The molecule has 0 aliphatic carbocycles. The van der Waals surface area contributed by atoms with Crippen molar-refractivity contribution in [2.45, 2.75) is 26.3 Å². The topological polar surface area (TPSA) is 106 Å². The summed E-state index contributed by atoms with van der Waals surface area (Å²) in [6, 6.07) is 8.10. The van der Waals surface area contributed by atoms with Gasteiger partial charge in [0.15, 0.2) is 0 Å². The molecule has 0 bridgehead atoms. The molecule has 1 fully saturated rings. The van der Waals surface area contributed by atoms with Gasteiger partial charge in [-0.15, -0.1) is 11.3 Å². The highest BCUT2D eigenvalue weighted by Crippen LogP contribution is 2.39. The fraction of sp³-hybridized carbons (Fsp3) is 0.381. The monoisotopic (exact) mass is 427 g/mol. The van der Waals surface area contributed by atoms with Crippen LogP contribution in [0.15, 0.2) is 29.3 Å². The van der Waals surface area contributed by atoms with Crippen LogP contribution in [0.2, 0.25) is 0 Å². The van der Waals surface area contributed by atoms with Crippen LogP contribution in [0, 0.1) is 6.92 Å². The summed E-state index contributed by atoms with van der Waals surface area (Å²) < 4.78 is 0. The molecular formula is C21H25N5O3S. The number of carboxylic acid groups (broad SMARTS) is 1. The van der Waals surface area contributed by atoms with Gasteiger partial charge in [0.2, 0.25) is 5.91 Å². The minimum absolute atomic E-state index is 0.0212. The van der Waals surface area contributed by atoms with Crippen molar-refractivity contribution in [3.8, 4) is 0 Å². The Morgan fingerprint density at radius 1 is 1.23 bits per heavy atom. The molecule has 4 rings (SSSR count). The number of hydrogen-bond donors (Lipinski definition) is 4. The largest absolute Gasteiger partial charge is 0.481 e. The van der Waals surface area contributed by atoms with E-state index < -0.39 is 5.97 Å². The van der Waals surface area contributed by atoms with E-state index in [0.717, 1.165) is 59.5 Å². The third-order valence-corrected chi connectivity index (χ3v) is 6.07. The number of carbonyl (C=O) groups excluding carboxylic acids is 1. The molecule has 30 heavy (non-hydrogen) atoms. The van der Waals surface area contributed by atoms with Gasteiger partial charge in [0, 0.05) is 44.0 Å². The number of amidine groups is 1. The van der Waals surface area contributed by atoms with Crippen molar-refractivity contribution in [2.75, 3.05) is 31.5 Å². The molecular weight excluding hydrogens is 402 g/mol. The molecule has 0 radical (unpaired) electrons. The maximum Gasteiger partial charge on any atom is 0.303 e. The molecule has 2 aromatic rings. The van der Waals surface area contributed by atoms with Gasteiger partial charge in [-0.25, -0.2) is 4.99 Å². The number of aliphatic imine (C=N–C) groups is 1. The Labute approximate surface area is 179 Å². The molecule has 1 aromatic heterocycles. The molecule has 9 heteroatoms. The molecule has 0 spiro atoms. The summed E-state index contributed by atoms with van der Waals surface area (Å²) in [5, 5.41) is 19.5. The van der Waals surface area contributed by atoms with E-state index in [4.69, 9.17) is 10.1 Å². The Kier molecular flexibility index (Phi) is 6.01. The average molecular weight is 428 g/mol. The van der Waals surface area contributed by atoms with Crippen molar-refractivity contribution in [1.82, 2.24) is 15.5 Å². The van der Waals surface area contributed by atoms with Crippen molar-refractivity contribution in [1.29, 1.82) is 0 Å². The standard InChI is InChI=1S/C21H25N5O3S/c1-13-10-15-20(26-8-6-22-7-9-26)24-17-11-14(2-3-16(17)25-21(15)30-13)12-23-18(27)4-5-19(28)29/h2-3,10-11,22,25H,4-9,12H2,1H3,(H,23,27)(H,28,29). The zero-order valence-electron chi connectivity index (χ0n) is 16.8. The van der Waals surface area contributed by atoms with Crippen molar-refractivity contribution < 1.29 is 14.7 Å². The number of piperazine rings is 1. The fourth-order valence-corrected chi connectivity index (χ4v) is 4.50. The fourth-order valence-electron chi connectivity index (χ4n) is 3.58. The Balaban J connectivity index is 1.58. The van der Waals surface area contributed by atoms with Crippen LogP contribution in [0.3, 0.4) is 0 Å². The van der Waals surface area contributed by atoms with E-state index in [0.29, 0.717) is 6.54 Å². The molecule has 2 aliphatic rings. The van der Waals surface area contributed by atoms with Crippen LogP contribution in [-0.4, -0.2) is 53.9 Å². The van der Waals surface area contributed by atoms with Gasteiger partial charge in [0.1, 0.15) is 10.8 Å². The van der Waals surface area contributed by atoms with E-state index in [2.05, 4.69) is 33.8 Å². The number of anilines is 2. The highest BCUT2D eigenvalue weighted by Gasteiger charge is 2.24. The number of benzene rings is 1. The summed E-state index contributed by atoms with van der Waals surface area (Å²) >= 11 is 1.72. The number of carbonyl (C=O) groups is 2. The van der Waals surface area contributed by atoms with Gasteiger partial charge in [0.05, 0.1) is 23.4 Å². The third-order valence-electron chi connectivity index (χ3n) is 5.11. The summed E-state index contributed by atoms with van der Waals surface area (Å²) in [7, 11) is 0. The number of amides is 1. The average Bonchev–Trinajstić information content (AvgIpc) is 3.03. The van der Waals surface area contributed by atoms with Gasteiger partial charge in [-0.05, 0) is 30.7 Å².